The van der Waals surface area contributed by atoms with Crippen molar-refractivity contribution in [3.63, 3.8) is 0 Å². The molecule has 18 heavy (non-hydrogen) atoms. The average molecular weight is 253 g/mol. The van der Waals surface area contributed by atoms with Gasteiger partial charge in [0.05, 0.1) is 6.61 Å². The summed E-state index contributed by atoms with van der Waals surface area (Å²) >= 11 is 0. The number of ether oxygens (including phenoxy) is 3. The number of hydrogen-bond donors (Lipinski definition) is 1. The van der Waals surface area contributed by atoms with Crippen LogP contribution in [0.1, 0.15) is 26.7 Å². The van der Waals surface area contributed by atoms with E-state index in [1.807, 2.05) is 31.2 Å². The Morgan fingerprint density at radius 1 is 1.06 bits per heavy atom. The lowest BCUT2D eigenvalue weighted by molar-refractivity contribution is -0.135. The van der Waals surface area contributed by atoms with Crippen LogP contribution in [0, 0.1) is 0 Å². The van der Waals surface area contributed by atoms with E-state index in [1.165, 1.54) is 0 Å². The molecule has 102 valence electrons. The van der Waals surface area contributed by atoms with Gasteiger partial charge in [-0.3, -0.25) is 0 Å². The molecule has 0 spiro atoms. The fourth-order valence-electron chi connectivity index (χ4n) is 1.38. The van der Waals surface area contributed by atoms with Gasteiger partial charge in [-0.1, -0.05) is 13.3 Å². The molecule has 0 bridgehead atoms. The molecular formula is C14H23NO3. The third kappa shape index (κ3) is 6.47. The van der Waals surface area contributed by atoms with Gasteiger partial charge in [0.25, 0.3) is 0 Å². The minimum Gasteiger partial charge on any atom is -0.491 e. The van der Waals surface area contributed by atoms with Crippen molar-refractivity contribution in [2.45, 2.75) is 33.0 Å². The summed E-state index contributed by atoms with van der Waals surface area (Å²) in [7, 11) is 0. The second kappa shape index (κ2) is 8.78. The lowest BCUT2D eigenvalue weighted by atomic mass is 10.3. The van der Waals surface area contributed by atoms with Crippen LogP contribution in [0.2, 0.25) is 0 Å². The van der Waals surface area contributed by atoms with Gasteiger partial charge < -0.3 is 19.9 Å². The predicted molar refractivity (Wildman–Crippen MR) is 72.6 cm³/mol. The molecule has 0 radical (unpaired) electrons. The molecule has 0 aliphatic heterocycles. The van der Waals surface area contributed by atoms with Crippen LogP contribution in [-0.4, -0.2) is 26.1 Å². The maximum absolute atomic E-state index is 5.58. The zero-order valence-electron chi connectivity index (χ0n) is 11.2. The molecule has 0 heterocycles. The molecule has 1 aromatic carbocycles. The Kier molecular flexibility index (Phi) is 7.22. The molecular weight excluding hydrogens is 230 g/mol. The van der Waals surface area contributed by atoms with E-state index in [1.54, 1.807) is 0 Å². The Morgan fingerprint density at radius 2 is 1.72 bits per heavy atom. The molecule has 2 N–H and O–H groups in total. The summed E-state index contributed by atoms with van der Waals surface area (Å²) in [6, 6.07) is 7.31. The van der Waals surface area contributed by atoms with Crippen molar-refractivity contribution in [1.82, 2.24) is 0 Å². The number of hydrogen-bond acceptors (Lipinski definition) is 4. The first-order valence-electron chi connectivity index (χ1n) is 6.44. The molecule has 1 unspecified atom stereocenters. The largest absolute Gasteiger partial charge is 0.491 e. The van der Waals surface area contributed by atoms with E-state index in [4.69, 9.17) is 19.9 Å². The van der Waals surface area contributed by atoms with E-state index in [-0.39, 0.29) is 6.29 Å². The maximum Gasteiger partial charge on any atom is 0.154 e. The smallest absolute Gasteiger partial charge is 0.154 e. The number of rotatable bonds is 9. The molecule has 1 aromatic rings. The summed E-state index contributed by atoms with van der Waals surface area (Å²) in [6.07, 6.45) is 2.02. The Bertz CT molecular complexity index is 313. The van der Waals surface area contributed by atoms with Gasteiger partial charge >= 0.3 is 0 Å². The van der Waals surface area contributed by atoms with Crippen molar-refractivity contribution in [3.8, 4) is 5.75 Å². The molecule has 0 aliphatic carbocycles. The molecule has 0 aliphatic rings. The van der Waals surface area contributed by atoms with Crippen LogP contribution in [0.5, 0.6) is 5.75 Å². The Hall–Kier alpha value is -1.26. The molecule has 1 rings (SSSR count). The van der Waals surface area contributed by atoms with Crippen LogP contribution in [0.3, 0.4) is 0 Å². The van der Waals surface area contributed by atoms with Crippen LogP contribution in [0.25, 0.3) is 0 Å². The highest BCUT2D eigenvalue weighted by Crippen LogP contribution is 2.12. The van der Waals surface area contributed by atoms with Gasteiger partial charge in [0.15, 0.2) is 6.29 Å². The zero-order chi connectivity index (χ0) is 13.2. The van der Waals surface area contributed by atoms with Gasteiger partial charge in [-0.25, -0.2) is 0 Å². The fourth-order valence-corrected chi connectivity index (χ4v) is 1.38. The fraction of sp³-hybridized carbons (Fsp3) is 0.571. The van der Waals surface area contributed by atoms with E-state index in [9.17, 15) is 0 Å². The highest BCUT2D eigenvalue weighted by atomic mass is 16.7. The number of nitrogens with two attached hydrogens (primary N) is 1. The summed E-state index contributed by atoms with van der Waals surface area (Å²) in [5.74, 6) is 0.798. The second-order valence-corrected chi connectivity index (χ2v) is 4.08. The molecule has 0 fully saturated rings. The normalized spacial score (nSPS) is 12.3. The SMILES string of the molecule is CCCCOC(C)OCCOc1ccc(N)cc1. The Labute approximate surface area is 109 Å². The summed E-state index contributed by atoms with van der Waals surface area (Å²) in [6.45, 7) is 5.80. The standard InChI is InChI=1S/C14H23NO3/c1-3-4-9-16-12(2)17-10-11-18-14-7-5-13(15)6-8-14/h5-8,12H,3-4,9-11,15H2,1-2H3. The molecule has 0 saturated carbocycles. The van der Waals surface area contributed by atoms with Crippen molar-refractivity contribution in [3.05, 3.63) is 24.3 Å². The van der Waals surface area contributed by atoms with Crippen molar-refractivity contribution in [1.29, 1.82) is 0 Å². The van der Waals surface area contributed by atoms with Gasteiger partial charge in [0, 0.05) is 12.3 Å². The molecule has 0 saturated heterocycles. The quantitative estimate of drug-likeness (QED) is 0.418. The second-order valence-electron chi connectivity index (χ2n) is 4.08. The number of benzene rings is 1. The maximum atomic E-state index is 5.58. The van der Waals surface area contributed by atoms with E-state index in [2.05, 4.69) is 6.92 Å². The van der Waals surface area contributed by atoms with E-state index < -0.39 is 0 Å². The number of nitrogen functional groups attached to an aromatic ring is 1. The first-order chi connectivity index (χ1) is 8.72. The van der Waals surface area contributed by atoms with Crippen molar-refractivity contribution in [2.75, 3.05) is 25.6 Å². The minimum atomic E-state index is -0.174. The van der Waals surface area contributed by atoms with Gasteiger partial charge in [-0.15, -0.1) is 0 Å². The van der Waals surface area contributed by atoms with Crippen LogP contribution >= 0.6 is 0 Å². The van der Waals surface area contributed by atoms with Crippen molar-refractivity contribution >= 4 is 5.69 Å². The molecule has 4 nitrogen and oxygen atoms in total. The van der Waals surface area contributed by atoms with E-state index in [0.29, 0.717) is 13.2 Å². The summed E-state index contributed by atoms with van der Waals surface area (Å²) < 4.78 is 16.4. The third-order valence-electron chi connectivity index (χ3n) is 2.44. The molecule has 1 atom stereocenters. The summed E-state index contributed by atoms with van der Waals surface area (Å²) in [4.78, 5) is 0. The van der Waals surface area contributed by atoms with E-state index >= 15 is 0 Å². The highest BCUT2D eigenvalue weighted by Gasteiger charge is 2.01. The predicted octanol–water partition coefficient (Wildman–Crippen LogP) is 2.83. The zero-order valence-corrected chi connectivity index (χ0v) is 11.2. The topological polar surface area (TPSA) is 53.7 Å². The van der Waals surface area contributed by atoms with Gasteiger partial charge in [-0.05, 0) is 37.6 Å². The molecule has 0 amide bonds. The Balaban J connectivity index is 2.05. The lowest BCUT2D eigenvalue weighted by Gasteiger charge is -2.14. The number of unbranched alkanes of at least 4 members (excludes halogenated alkanes) is 1. The number of anilines is 1. The van der Waals surface area contributed by atoms with Gasteiger partial charge in [-0.2, -0.15) is 0 Å². The van der Waals surface area contributed by atoms with Crippen LogP contribution in [-0.2, 0) is 9.47 Å². The van der Waals surface area contributed by atoms with Crippen LogP contribution in [0.15, 0.2) is 24.3 Å². The first kappa shape index (κ1) is 14.8. The third-order valence-corrected chi connectivity index (χ3v) is 2.44. The summed E-state index contributed by atoms with van der Waals surface area (Å²) in [5, 5.41) is 0. The monoisotopic (exact) mass is 253 g/mol. The van der Waals surface area contributed by atoms with E-state index in [0.717, 1.165) is 30.9 Å². The summed E-state index contributed by atoms with van der Waals surface area (Å²) in [5.41, 5.74) is 6.32. The lowest BCUT2D eigenvalue weighted by Crippen LogP contribution is -2.17. The van der Waals surface area contributed by atoms with Gasteiger partial charge in [0.2, 0.25) is 0 Å². The average Bonchev–Trinajstić information content (AvgIpc) is 2.37. The van der Waals surface area contributed by atoms with Crippen LogP contribution < -0.4 is 10.5 Å². The van der Waals surface area contributed by atoms with Gasteiger partial charge in [0.1, 0.15) is 12.4 Å². The van der Waals surface area contributed by atoms with Crippen molar-refractivity contribution in [2.24, 2.45) is 0 Å². The Morgan fingerprint density at radius 3 is 2.39 bits per heavy atom. The minimum absolute atomic E-state index is 0.174. The first-order valence-corrected chi connectivity index (χ1v) is 6.44. The van der Waals surface area contributed by atoms with Crippen LogP contribution in [0.4, 0.5) is 5.69 Å². The highest BCUT2D eigenvalue weighted by molar-refractivity contribution is 5.41. The molecule has 4 heteroatoms. The molecule has 0 aromatic heterocycles. The van der Waals surface area contributed by atoms with Crippen molar-refractivity contribution < 1.29 is 14.2 Å².